The predicted molar refractivity (Wildman–Crippen MR) is 89.6 cm³/mol. The molecule has 0 fully saturated rings. The Morgan fingerprint density at radius 1 is 0.789 bits per heavy atom. The molecule has 0 aromatic heterocycles. The average Bonchev–Trinajstić information content (AvgIpc) is 2.42. The Kier molecular flexibility index (Phi) is 14.0. The molecule has 0 aliphatic rings. The maximum atomic E-state index is 2.45. The van der Waals surface area contributed by atoms with E-state index in [1.165, 1.54) is 70.6 Å². The van der Waals surface area contributed by atoms with Crippen molar-refractivity contribution < 1.29 is 0 Å². The zero-order valence-corrected chi connectivity index (χ0v) is 14.1. The Bertz CT molecular complexity index is 192. The standard InChI is InChI=1S/C19H38/c1-5-8-10-11-12-13-14-15-18(4)17-19(7-3)16-9-6-2/h11-12,18-19H,5-10,13-17H2,1-4H3/b12-11+. The molecule has 0 heteroatoms. The quantitative estimate of drug-likeness (QED) is 0.245. The van der Waals surface area contributed by atoms with Crippen molar-refractivity contribution in [2.24, 2.45) is 11.8 Å². The number of hydrogen-bond acceptors (Lipinski definition) is 0. The third-order valence-electron chi connectivity index (χ3n) is 4.24. The van der Waals surface area contributed by atoms with Gasteiger partial charge in [-0.25, -0.2) is 0 Å². The summed E-state index contributed by atoms with van der Waals surface area (Å²) >= 11 is 0. The molecule has 0 aliphatic carbocycles. The molecule has 0 bridgehead atoms. The molecule has 114 valence electrons. The molecule has 0 nitrogen and oxygen atoms in total. The Morgan fingerprint density at radius 2 is 1.42 bits per heavy atom. The first-order valence-electron chi connectivity index (χ1n) is 8.89. The first-order valence-corrected chi connectivity index (χ1v) is 8.89. The van der Waals surface area contributed by atoms with Crippen LogP contribution in [0.3, 0.4) is 0 Å². The fraction of sp³-hybridized carbons (Fsp3) is 0.895. The minimum atomic E-state index is 0.922. The van der Waals surface area contributed by atoms with E-state index in [9.17, 15) is 0 Å². The van der Waals surface area contributed by atoms with Crippen molar-refractivity contribution in [1.29, 1.82) is 0 Å². The van der Waals surface area contributed by atoms with Crippen LogP contribution in [-0.2, 0) is 0 Å². The maximum absolute atomic E-state index is 2.45. The minimum absolute atomic E-state index is 0.922. The summed E-state index contributed by atoms with van der Waals surface area (Å²) in [6.45, 7) is 9.39. The minimum Gasteiger partial charge on any atom is -0.0885 e. The van der Waals surface area contributed by atoms with Crippen LogP contribution in [0.5, 0.6) is 0 Å². The van der Waals surface area contributed by atoms with E-state index < -0.39 is 0 Å². The zero-order chi connectivity index (χ0) is 14.3. The fourth-order valence-electron chi connectivity index (χ4n) is 2.81. The van der Waals surface area contributed by atoms with Crippen molar-refractivity contribution in [2.75, 3.05) is 0 Å². The summed E-state index contributed by atoms with van der Waals surface area (Å²) < 4.78 is 0. The average molecular weight is 267 g/mol. The van der Waals surface area contributed by atoms with Gasteiger partial charge in [-0.05, 0) is 37.5 Å². The molecule has 0 rings (SSSR count). The van der Waals surface area contributed by atoms with Gasteiger partial charge >= 0.3 is 0 Å². The molecule has 0 saturated heterocycles. The van der Waals surface area contributed by atoms with E-state index in [1.807, 2.05) is 0 Å². The highest BCUT2D eigenvalue weighted by Gasteiger charge is 2.10. The molecule has 0 spiro atoms. The lowest BCUT2D eigenvalue weighted by molar-refractivity contribution is 0.336. The fourth-order valence-corrected chi connectivity index (χ4v) is 2.81. The van der Waals surface area contributed by atoms with Gasteiger partial charge in [0, 0.05) is 0 Å². The Morgan fingerprint density at radius 3 is 2.00 bits per heavy atom. The SMILES string of the molecule is CCCC/C=C/CCCC(C)CC(CC)CCCC. The Hall–Kier alpha value is -0.260. The van der Waals surface area contributed by atoms with Gasteiger partial charge in [0.05, 0.1) is 0 Å². The van der Waals surface area contributed by atoms with Gasteiger partial charge in [-0.15, -0.1) is 0 Å². The molecular weight excluding hydrogens is 228 g/mol. The molecule has 0 heterocycles. The summed E-state index contributed by atoms with van der Waals surface area (Å²) in [6, 6.07) is 0. The Labute approximate surface area is 123 Å². The molecule has 0 radical (unpaired) electrons. The molecule has 0 aliphatic heterocycles. The lowest BCUT2D eigenvalue weighted by Crippen LogP contribution is -2.06. The van der Waals surface area contributed by atoms with Gasteiger partial charge in [-0.1, -0.05) is 84.8 Å². The first-order chi connectivity index (χ1) is 9.24. The number of hydrogen-bond donors (Lipinski definition) is 0. The highest BCUT2D eigenvalue weighted by Crippen LogP contribution is 2.24. The van der Waals surface area contributed by atoms with Crippen molar-refractivity contribution in [3.63, 3.8) is 0 Å². The second-order valence-corrected chi connectivity index (χ2v) is 6.30. The van der Waals surface area contributed by atoms with E-state index in [-0.39, 0.29) is 0 Å². The van der Waals surface area contributed by atoms with Gasteiger partial charge in [0.1, 0.15) is 0 Å². The van der Waals surface area contributed by atoms with Crippen LogP contribution in [-0.4, -0.2) is 0 Å². The van der Waals surface area contributed by atoms with Gasteiger partial charge < -0.3 is 0 Å². The van der Waals surface area contributed by atoms with Crippen LogP contribution >= 0.6 is 0 Å². The van der Waals surface area contributed by atoms with E-state index in [1.54, 1.807) is 0 Å². The van der Waals surface area contributed by atoms with Crippen molar-refractivity contribution in [3.8, 4) is 0 Å². The van der Waals surface area contributed by atoms with Gasteiger partial charge in [0.25, 0.3) is 0 Å². The topological polar surface area (TPSA) is 0 Å². The molecule has 0 aromatic rings. The van der Waals surface area contributed by atoms with Gasteiger partial charge in [0.15, 0.2) is 0 Å². The zero-order valence-electron chi connectivity index (χ0n) is 14.1. The Balaban J connectivity index is 3.56. The molecule has 19 heavy (non-hydrogen) atoms. The summed E-state index contributed by atoms with van der Waals surface area (Å²) in [6.07, 6.45) is 19.9. The van der Waals surface area contributed by atoms with Crippen molar-refractivity contribution in [2.45, 2.75) is 98.3 Å². The monoisotopic (exact) mass is 266 g/mol. The molecular formula is C19H38. The molecule has 0 amide bonds. The lowest BCUT2D eigenvalue weighted by atomic mass is 9.87. The van der Waals surface area contributed by atoms with E-state index >= 15 is 0 Å². The summed E-state index contributed by atoms with van der Waals surface area (Å²) in [5.74, 6) is 1.90. The highest BCUT2D eigenvalue weighted by atomic mass is 14.2. The molecule has 2 unspecified atom stereocenters. The van der Waals surface area contributed by atoms with E-state index in [4.69, 9.17) is 0 Å². The summed E-state index contributed by atoms with van der Waals surface area (Å²) in [5, 5.41) is 0. The molecule has 0 N–H and O–H groups in total. The third kappa shape index (κ3) is 12.5. The second kappa shape index (κ2) is 14.2. The maximum Gasteiger partial charge on any atom is -0.0351 e. The van der Waals surface area contributed by atoms with Crippen LogP contribution in [0.15, 0.2) is 12.2 Å². The van der Waals surface area contributed by atoms with Crippen molar-refractivity contribution >= 4 is 0 Å². The van der Waals surface area contributed by atoms with Gasteiger partial charge in [0.2, 0.25) is 0 Å². The smallest absolute Gasteiger partial charge is 0.0351 e. The van der Waals surface area contributed by atoms with Crippen molar-refractivity contribution in [1.82, 2.24) is 0 Å². The van der Waals surface area contributed by atoms with Crippen LogP contribution in [0.2, 0.25) is 0 Å². The summed E-state index contributed by atoms with van der Waals surface area (Å²) in [7, 11) is 0. The van der Waals surface area contributed by atoms with Gasteiger partial charge in [-0.3, -0.25) is 0 Å². The van der Waals surface area contributed by atoms with Crippen LogP contribution in [0.25, 0.3) is 0 Å². The first kappa shape index (κ1) is 18.7. The van der Waals surface area contributed by atoms with Gasteiger partial charge in [-0.2, -0.15) is 0 Å². The lowest BCUT2D eigenvalue weighted by Gasteiger charge is -2.19. The number of unbranched alkanes of at least 4 members (excludes halogenated alkanes) is 4. The molecule has 2 atom stereocenters. The molecule has 0 saturated carbocycles. The summed E-state index contributed by atoms with van der Waals surface area (Å²) in [4.78, 5) is 0. The van der Waals surface area contributed by atoms with Crippen LogP contribution in [0.4, 0.5) is 0 Å². The number of allylic oxidation sites excluding steroid dienone is 2. The summed E-state index contributed by atoms with van der Waals surface area (Å²) in [5.41, 5.74) is 0. The van der Waals surface area contributed by atoms with E-state index in [0.29, 0.717) is 0 Å². The van der Waals surface area contributed by atoms with Crippen molar-refractivity contribution in [3.05, 3.63) is 12.2 Å². The van der Waals surface area contributed by atoms with Crippen LogP contribution in [0, 0.1) is 11.8 Å². The van der Waals surface area contributed by atoms with Crippen LogP contribution < -0.4 is 0 Å². The van der Waals surface area contributed by atoms with Crippen LogP contribution in [0.1, 0.15) is 98.3 Å². The third-order valence-corrected chi connectivity index (χ3v) is 4.24. The predicted octanol–water partition coefficient (Wildman–Crippen LogP) is 7.15. The second-order valence-electron chi connectivity index (χ2n) is 6.30. The van der Waals surface area contributed by atoms with E-state index in [0.717, 1.165) is 11.8 Å². The largest absolute Gasteiger partial charge is 0.0885 e. The molecule has 0 aromatic carbocycles. The number of rotatable bonds is 13. The highest BCUT2D eigenvalue weighted by molar-refractivity contribution is 4.81. The van der Waals surface area contributed by atoms with E-state index in [2.05, 4.69) is 39.8 Å². The normalized spacial score (nSPS) is 14.9.